The van der Waals surface area contributed by atoms with Gasteiger partial charge in [0.2, 0.25) is 5.82 Å². The summed E-state index contributed by atoms with van der Waals surface area (Å²) >= 11 is 0. The van der Waals surface area contributed by atoms with Crippen LogP contribution < -0.4 is 5.32 Å². The Morgan fingerprint density at radius 3 is 2.67 bits per heavy atom. The van der Waals surface area contributed by atoms with Crippen molar-refractivity contribution in [2.75, 3.05) is 5.32 Å². The minimum atomic E-state index is -5.09. The van der Waals surface area contributed by atoms with Crippen LogP contribution >= 0.6 is 0 Å². The van der Waals surface area contributed by atoms with E-state index in [0.717, 1.165) is 6.20 Å². The third-order valence-electron chi connectivity index (χ3n) is 2.67. The van der Waals surface area contributed by atoms with Gasteiger partial charge in [0.15, 0.2) is 0 Å². The lowest BCUT2D eigenvalue weighted by atomic mass is 10.1. The third kappa shape index (κ3) is 3.43. The first kappa shape index (κ1) is 16.8. The molecule has 0 radical (unpaired) electrons. The van der Waals surface area contributed by atoms with E-state index in [4.69, 9.17) is 5.26 Å². The molecule has 2 rings (SSSR count). The molecule has 0 bridgehead atoms. The van der Waals surface area contributed by atoms with Crippen molar-refractivity contribution in [2.45, 2.75) is 6.18 Å². The Morgan fingerprint density at radius 1 is 1.46 bits per heavy atom. The number of alkyl halides is 3. The van der Waals surface area contributed by atoms with Gasteiger partial charge >= 0.3 is 6.18 Å². The predicted octanol–water partition coefficient (Wildman–Crippen LogP) is 2.24. The van der Waals surface area contributed by atoms with Crippen molar-refractivity contribution in [2.24, 2.45) is 0 Å². The molecule has 24 heavy (non-hydrogen) atoms. The van der Waals surface area contributed by atoms with Crippen LogP contribution in [0.15, 0.2) is 18.3 Å². The summed E-state index contributed by atoms with van der Waals surface area (Å²) in [6.07, 6.45) is -4.22. The van der Waals surface area contributed by atoms with Crippen LogP contribution in [0.3, 0.4) is 0 Å². The Labute approximate surface area is 129 Å². The maximum Gasteiger partial charge on any atom is 0.419 e. The molecule has 124 valence electrons. The number of allylic oxidation sites excluding steroid dienone is 1. The number of hydrogen-bond donors (Lipinski definition) is 2. The summed E-state index contributed by atoms with van der Waals surface area (Å²) in [6, 6.07) is 2.01. The smallest absolute Gasteiger partial charge is 0.355 e. The molecular formula is C11H5F4N7O2. The number of H-pyrrole nitrogens is 1. The lowest BCUT2D eigenvalue weighted by Gasteiger charge is -2.10. The van der Waals surface area contributed by atoms with E-state index in [1.807, 2.05) is 0 Å². The summed E-state index contributed by atoms with van der Waals surface area (Å²) < 4.78 is 51.4. The predicted molar refractivity (Wildman–Crippen MR) is 69.4 cm³/mol. The summed E-state index contributed by atoms with van der Waals surface area (Å²) in [5.41, 5.74) is -3.62. The number of benzene rings is 1. The average Bonchev–Trinajstić information content (AvgIpc) is 3.00. The number of aromatic nitrogens is 4. The average molecular weight is 343 g/mol. The van der Waals surface area contributed by atoms with Gasteiger partial charge < -0.3 is 5.32 Å². The number of anilines is 1. The van der Waals surface area contributed by atoms with E-state index in [1.165, 1.54) is 0 Å². The zero-order chi connectivity index (χ0) is 17.9. The first-order chi connectivity index (χ1) is 11.2. The molecule has 2 aromatic rings. The van der Waals surface area contributed by atoms with Crippen molar-refractivity contribution in [3.63, 3.8) is 0 Å². The molecule has 0 spiro atoms. The fraction of sp³-hybridized carbons (Fsp3) is 0.0909. The van der Waals surface area contributed by atoms with Gasteiger partial charge in [0.1, 0.15) is 23.1 Å². The molecule has 0 atom stereocenters. The largest absolute Gasteiger partial charge is 0.419 e. The highest BCUT2D eigenvalue weighted by atomic mass is 19.4. The zero-order valence-corrected chi connectivity index (χ0v) is 11.3. The summed E-state index contributed by atoms with van der Waals surface area (Å²) in [4.78, 5) is 9.79. The molecule has 0 amide bonds. The van der Waals surface area contributed by atoms with E-state index >= 15 is 0 Å². The van der Waals surface area contributed by atoms with Gasteiger partial charge in [-0.3, -0.25) is 10.1 Å². The number of nitrogens with zero attached hydrogens (tertiary/aromatic N) is 5. The number of nitro groups is 1. The highest BCUT2D eigenvalue weighted by molar-refractivity contribution is 5.75. The molecule has 1 aromatic carbocycles. The molecule has 13 heteroatoms. The third-order valence-corrected chi connectivity index (χ3v) is 2.67. The van der Waals surface area contributed by atoms with Gasteiger partial charge in [-0.2, -0.15) is 23.6 Å². The molecule has 0 aliphatic heterocycles. The topological polar surface area (TPSA) is 133 Å². The molecular weight excluding hydrogens is 338 g/mol. The summed E-state index contributed by atoms with van der Waals surface area (Å²) in [5, 5.41) is 34.3. The quantitative estimate of drug-likeness (QED) is 0.376. The van der Waals surface area contributed by atoms with Crippen LogP contribution in [0.4, 0.5) is 28.9 Å². The highest BCUT2D eigenvalue weighted by Crippen LogP contribution is 2.37. The number of tetrazole rings is 1. The molecule has 0 unspecified atom stereocenters. The molecule has 2 N–H and O–H groups in total. The normalized spacial score (nSPS) is 11.9. The summed E-state index contributed by atoms with van der Waals surface area (Å²) in [5.74, 6) is -1.87. The molecule has 0 saturated heterocycles. The number of rotatable bonds is 4. The van der Waals surface area contributed by atoms with Crippen molar-refractivity contribution in [1.82, 2.24) is 20.6 Å². The van der Waals surface area contributed by atoms with Gasteiger partial charge in [0, 0.05) is 18.3 Å². The van der Waals surface area contributed by atoms with E-state index in [-0.39, 0.29) is 17.5 Å². The Bertz CT molecular complexity index is 839. The maximum absolute atomic E-state index is 13.6. The van der Waals surface area contributed by atoms with Crippen LogP contribution in [0.1, 0.15) is 11.4 Å². The lowest BCUT2D eigenvalue weighted by Crippen LogP contribution is -2.10. The van der Waals surface area contributed by atoms with Crippen molar-refractivity contribution in [3.05, 3.63) is 45.7 Å². The number of nitrogens with one attached hydrogen (secondary N) is 2. The standard InChI is InChI=1S/C11H5F4N7O2/c12-7-2-8(9(22(23)24)1-6(7)11(13,14)15)17-4-5(3-16)10-18-20-21-19-10/h1-2,4,17H,(H,18,19,20,21). The van der Waals surface area contributed by atoms with E-state index in [9.17, 15) is 27.7 Å². The van der Waals surface area contributed by atoms with Crippen molar-refractivity contribution in [1.29, 1.82) is 5.26 Å². The van der Waals surface area contributed by atoms with Gasteiger partial charge in [-0.1, -0.05) is 0 Å². The number of nitro benzene ring substituents is 1. The van der Waals surface area contributed by atoms with E-state index in [0.29, 0.717) is 6.07 Å². The molecule has 0 saturated carbocycles. The Kier molecular flexibility index (Phi) is 4.40. The minimum absolute atomic E-state index is 0.0614. The second-order valence-corrected chi connectivity index (χ2v) is 4.15. The molecule has 9 nitrogen and oxygen atoms in total. The Hall–Kier alpha value is -3.56. The number of aromatic amines is 1. The van der Waals surface area contributed by atoms with Gasteiger partial charge in [0.25, 0.3) is 5.69 Å². The molecule has 1 aromatic heterocycles. The fourth-order valence-corrected chi connectivity index (χ4v) is 1.62. The SMILES string of the molecule is N#CC(=CNc1cc(F)c(C(F)(F)F)cc1[N+](=O)[O-])c1nn[nH]n1. The highest BCUT2D eigenvalue weighted by Gasteiger charge is 2.36. The van der Waals surface area contributed by atoms with Crippen LogP contribution in [0.5, 0.6) is 0 Å². The van der Waals surface area contributed by atoms with Crippen LogP contribution in [0.25, 0.3) is 5.57 Å². The number of halogens is 4. The van der Waals surface area contributed by atoms with Crippen molar-refractivity contribution >= 4 is 16.9 Å². The van der Waals surface area contributed by atoms with Gasteiger partial charge in [-0.15, -0.1) is 10.2 Å². The van der Waals surface area contributed by atoms with Crippen LogP contribution in [-0.2, 0) is 6.18 Å². The van der Waals surface area contributed by atoms with E-state index in [2.05, 4.69) is 25.9 Å². The van der Waals surface area contributed by atoms with Gasteiger partial charge in [-0.05, 0) is 5.21 Å². The van der Waals surface area contributed by atoms with E-state index < -0.39 is 33.9 Å². The van der Waals surface area contributed by atoms with Crippen molar-refractivity contribution < 1.29 is 22.5 Å². The Morgan fingerprint density at radius 2 is 2.17 bits per heavy atom. The first-order valence-electron chi connectivity index (χ1n) is 5.89. The first-order valence-corrected chi connectivity index (χ1v) is 5.89. The maximum atomic E-state index is 13.6. The molecule has 0 fully saturated rings. The molecule has 0 aliphatic rings. The fourth-order valence-electron chi connectivity index (χ4n) is 1.62. The summed E-state index contributed by atoms with van der Waals surface area (Å²) in [6.45, 7) is 0. The van der Waals surface area contributed by atoms with E-state index in [1.54, 1.807) is 6.07 Å². The minimum Gasteiger partial charge on any atom is -0.355 e. The number of hydrogen-bond acceptors (Lipinski definition) is 7. The van der Waals surface area contributed by atoms with Gasteiger partial charge in [0.05, 0.1) is 10.5 Å². The van der Waals surface area contributed by atoms with Gasteiger partial charge in [-0.25, -0.2) is 4.39 Å². The van der Waals surface area contributed by atoms with Crippen LogP contribution in [-0.4, -0.2) is 25.5 Å². The second kappa shape index (κ2) is 6.28. The molecule has 1 heterocycles. The Balaban J connectivity index is 2.45. The molecule has 0 aliphatic carbocycles. The van der Waals surface area contributed by atoms with Crippen LogP contribution in [0, 0.1) is 27.3 Å². The monoisotopic (exact) mass is 343 g/mol. The summed E-state index contributed by atoms with van der Waals surface area (Å²) in [7, 11) is 0. The van der Waals surface area contributed by atoms with Crippen molar-refractivity contribution in [3.8, 4) is 6.07 Å². The van der Waals surface area contributed by atoms with Crippen LogP contribution in [0.2, 0.25) is 0 Å². The zero-order valence-electron chi connectivity index (χ0n) is 11.3. The lowest BCUT2D eigenvalue weighted by molar-refractivity contribution is -0.384. The second-order valence-electron chi connectivity index (χ2n) is 4.15. The number of nitriles is 1.